The van der Waals surface area contributed by atoms with Crippen LogP contribution in [0.5, 0.6) is 5.75 Å². The van der Waals surface area contributed by atoms with Crippen molar-refractivity contribution in [2.45, 2.75) is 38.5 Å². The van der Waals surface area contributed by atoms with Gasteiger partial charge in [0.25, 0.3) is 5.91 Å². The summed E-state index contributed by atoms with van der Waals surface area (Å²) in [6.45, 7) is 5.96. The number of methoxy groups -OCH3 is 1. The van der Waals surface area contributed by atoms with Crippen LogP contribution in [0.1, 0.15) is 35.3 Å². The van der Waals surface area contributed by atoms with Crippen molar-refractivity contribution in [3.63, 3.8) is 0 Å². The van der Waals surface area contributed by atoms with Crippen molar-refractivity contribution < 1.29 is 28.0 Å². The number of amides is 4. The van der Waals surface area contributed by atoms with Gasteiger partial charge in [0.15, 0.2) is 29.7 Å². The molecule has 4 aliphatic rings. The summed E-state index contributed by atoms with van der Waals surface area (Å²) in [5, 5.41) is 2.89. The van der Waals surface area contributed by atoms with Crippen LogP contribution in [0.2, 0.25) is 0 Å². The number of fused-ring (bicyclic) bond motifs is 1. The first kappa shape index (κ1) is 30.3. The molecule has 46 heavy (non-hydrogen) atoms. The van der Waals surface area contributed by atoms with E-state index >= 15 is 4.39 Å². The number of nitrogens with one attached hydrogen (secondary N) is 1. The summed E-state index contributed by atoms with van der Waals surface area (Å²) >= 11 is 1.96. The topological polar surface area (TPSA) is 91.8 Å². The number of ether oxygens (including phenoxy) is 1. The lowest BCUT2D eigenvalue weighted by Gasteiger charge is -2.27. The molecule has 0 radical (unpaired) electrons. The lowest BCUT2D eigenvalue weighted by atomic mass is 9.98. The van der Waals surface area contributed by atoms with E-state index < -0.39 is 23.7 Å². The van der Waals surface area contributed by atoms with Gasteiger partial charge in [0, 0.05) is 48.8 Å². The molecule has 11 heteroatoms. The number of carbonyl (C=O) groups is 3. The van der Waals surface area contributed by atoms with Crippen molar-refractivity contribution >= 4 is 35.4 Å². The maximum Gasteiger partial charge on any atom is 0.425 e. The Bertz CT molecular complexity index is 1790. The third-order valence-corrected chi connectivity index (χ3v) is 10.8. The predicted octanol–water partition coefficient (Wildman–Crippen LogP) is 4.30. The number of quaternary nitrogens is 1. The Morgan fingerprint density at radius 2 is 1.80 bits per heavy atom. The third-order valence-electron chi connectivity index (χ3n) is 9.89. The molecule has 4 amide bonds. The smallest absolute Gasteiger partial charge is 0.425 e. The van der Waals surface area contributed by atoms with Gasteiger partial charge in [-0.3, -0.25) is 10.1 Å². The second kappa shape index (κ2) is 11.8. The minimum Gasteiger partial charge on any atom is -0.494 e. The first-order chi connectivity index (χ1) is 22.2. The lowest BCUT2D eigenvalue weighted by molar-refractivity contribution is -0.650. The van der Waals surface area contributed by atoms with E-state index in [0.717, 1.165) is 47.2 Å². The lowest BCUT2D eigenvalue weighted by Crippen LogP contribution is -2.44. The molecule has 7 rings (SSSR count). The van der Waals surface area contributed by atoms with Crippen LogP contribution in [0.25, 0.3) is 11.3 Å². The molecule has 9 nitrogen and oxygen atoms in total. The Morgan fingerprint density at radius 3 is 2.48 bits per heavy atom. The second-order valence-electron chi connectivity index (χ2n) is 12.3. The normalized spacial score (nSPS) is 25.7. The summed E-state index contributed by atoms with van der Waals surface area (Å²) in [7, 11) is 1.35. The number of nitrogens with zero attached hydrogens (tertiary/aromatic N) is 4. The third kappa shape index (κ3) is 4.91. The Labute approximate surface area is 271 Å². The van der Waals surface area contributed by atoms with Gasteiger partial charge >= 0.3 is 11.9 Å². The summed E-state index contributed by atoms with van der Waals surface area (Å²) in [5.41, 5.74) is 3.07. The molecule has 1 N–H and O–H groups in total. The second-order valence-corrected chi connectivity index (χ2v) is 13.5. The average Bonchev–Trinajstić information content (AvgIpc) is 3.32. The Kier molecular flexibility index (Phi) is 7.73. The van der Waals surface area contributed by atoms with E-state index in [9.17, 15) is 14.4 Å². The first-order valence-corrected chi connectivity index (χ1v) is 16.7. The highest BCUT2D eigenvalue weighted by atomic mass is 32.2. The maximum atomic E-state index is 15.1. The number of carbonyl (C=O) groups excluding carboxylic acids is 3. The number of halogens is 1. The van der Waals surface area contributed by atoms with Crippen LogP contribution >= 0.6 is 11.8 Å². The summed E-state index contributed by atoms with van der Waals surface area (Å²) in [6.07, 6.45) is 0. The fourth-order valence-electron chi connectivity index (χ4n) is 6.99. The molecule has 4 unspecified atom stereocenters. The van der Waals surface area contributed by atoms with E-state index in [4.69, 9.17) is 9.72 Å². The van der Waals surface area contributed by atoms with Crippen molar-refractivity contribution in [1.82, 2.24) is 15.2 Å². The van der Waals surface area contributed by atoms with E-state index in [1.165, 1.54) is 18.1 Å². The van der Waals surface area contributed by atoms with Crippen molar-refractivity contribution in [3.8, 4) is 28.8 Å². The van der Waals surface area contributed by atoms with E-state index in [2.05, 4.69) is 22.1 Å². The van der Waals surface area contributed by atoms with Gasteiger partial charge in [0.2, 0.25) is 0 Å². The minimum absolute atomic E-state index is 0.00422. The molecule has 4 atom stereocenters. The molecule has 4 aliphatic heterocycles. The Hall–Kier alpha value is -4.40. The number of urea groups is 1. The number of thioether (sulfide) groups is 1. The highest BCUT2D eigenvalue weighted by Gasteiger charge is 2.77. The zero-order chi connectivity index (χ0) is 32.2. The van der Waals surface area contributed by atoms with E-state index in [0.29, 0.717) is 5.56 Å². The summed E-state index contributed by atoms with van der Waals surface area (Å²) in [5.74, 6) is 7.42. The molecular formula is C35H35FN5O4S+. The van der Waals surface area contributed by atoms with Gasteiger partial charge in [0.05, 0.1) is 24.3 Å². The SMILES string of the molecule is COc1ccc2c(c1F)C(=O)N(CC(C#Cc1ccc(-c3cccc(N4CCSCC4)n3)cc1)C1NC(=O)[N+]3(C1=O)C(C)C3C)C2. The number of hydrogen-bond donors (Lipinski definition) is 1. The highest BCUT2D eigenvalue weighted by molar-refractivity contribution is 7.99. The van der Waals surface area contributed by atoms with Crippen LogP contribution in [0.3, 0.4) is 0 Å². The number of aromatic nitrogens is 1. The number of hydrogen-bond acceptors (Lipinski definition) is 7. The predicted molar refractivity (Wildman–Crippen MR) is 174 cm³/mol. The van der Waals surface area contributed by atoms with Crippen molar-refractivity contribution in [1.29, 1.82) is 0 Å². The summed E-state index contributed by atoms with van der Waals surface area (Å²) in [6, 6.07) is 15.5. The molecule has 1 spiro atoms. The fraction of sp³-hybridized carbons (Fsp3) is 0.371. The quantitative estimate of drug-likeness (QED) is 0.186. The molecule has 3 saturated heterocycles. The number of rotatable bonds is 6. The molecule has 0 saturated carbocycles. The monoisotopic (exact) mass is 640 g/mol. The molecule has 0 bridgehead atoms. The molecule has 236 valence electrons. The number of anilines is 1. The van der Waals surface area contributed by atoms with Crippen LogP contribution < -0.4 is 15.0 Å². The number of imide groups is 1. The molecular weight excluding hydrogens is 605 g/mol. The highest BCUT2D eigenvalue weighted by Crippen LogP contribution is 2.45. The van der Waals surface area contributed by atoms with E-state index in [1.807, 2.05) is 68.1 Å². The van der Waals surface area contributed by atoms with Gasteiger partial charge in [0.1, 0.15) is 5.82 Å². The summed E-state index contributed by atoms with van der Waals surface area (Å²) in [4.78, 5) is 49.0. The Balaban J connectivity index is 1.15. The van der Waals surface area contributed by atoms with Gasteiger partial charge in [-0.15, -0.1) is 0 Å². The Morgan fingerprint density at radius 1 is 1.07 bits per heavy atom. The summed E-state index contributed by atoms with van der Waals surface area (Å²) < 4.78 is 19.9. The largest absolute Gasteiger partial charge is 0.494 e. The van der Waals surface area contributed by atoms with Gasteiger partial charge in [-0.2, -0.15) is 16.2 Å². The molecule has 2 aromatic carbocycles. The molecule has 0 aliphatic carbocycles. The van der Waals surface area contributed by atoms with Crippen LogP contribution in [-0.2, 0) is 11.3 Å². The minimum atomic E-state index is -0.900. The van der Waals surface area contributed by atoms with E-state index in [1.54, 1.807) is 6.07 Å². The first-order valence-electron chi connectivity index (χ1n) is 15.5. The zero-order valence-electron chi connectivity index (χ0n) is 26.0. The average molecular weight is 641 g/mol. The number of benzene rings is 2. The van der Waals surface area contributed by atoms with Crippen LogP contribution in [-0.4, -0.2) is 88.6 Å². The maximum absolute atomic E-state index is 15.1. The van der Waals surface area contributed by atoms with Crippen molar-refractivity contribution in [2.75, 3.05) is 43.1 Å². The van der Waals surface area contributed by atoms with Gasteiger partial charge < -0.3 is 14.5 Å². The van der Waals surface area contributed by atoms with Crippen molar-refractivity contribution in [2.24, 2.45) is 5.92 Å². The van der Waals surface area contributed by atoms with Gasteiger partial charge in [-0.05, 0) is 49.7 Å². The molecule has 5 heterocycles. The standard InChI is InChI=1S/C35H34FN5O4S/c1-21-22(2)41(21)34(43)32(38-35(41)44)26(20-40-19-25-13-14-28(45-3)31(36)30(25)33(40)42)12-9-23-7-10-24(11-8-23)27-5-4-6-29(37-27)39-15-17-46-18-16-39/h4-8,10-11,13-14,21-22,26,32H,15-20H2,1-3H3/p+1. The molecule has 3 fully saturated rings. The molecule has 1 aromatic heterocycles. The van der Waals surface area contributed by atoms with Crippen LogP contribution in [0.15, 0.2) is 54.6 Å². The van der Waals surface area contributed by atoms with Crippen LogP contribution in [0.4, 0.5) is 15.0 Å². The van der Waals surface area contributed by atoms with E-state index in [-0.39, 0.29) is 52.9 Å². The van der Waals surface area contributed by atoms with Gasteiger partial charge in [-0.1, -0.05) is 36.1 Å². The van der Waals surface area contributed by atoms with Crippen molar-refractivity contribution in [3.05, 3.63) is 77.1 Å². The van der Waals surface area contributed by atoms with Gasteiger partial charge in [-0.25, -0.2) is 19.0 Å². The number of pyridine rings is 1. The zero-order valence-corrected chi connectivity index (χ0v) is 26.8. The van der Waals surface area contributed by atoms with Crippen LogP contribution in [0, 0.1) is 23.6 Å². The molecule has 3 aromatic rings. The fourth-order valence-corrected chi connectivity index (χ4v) is 7.89.